The van der Waals surface area contributed by atoms with E-state index in [-0.39, 0.29) is 5.91 Å². The van der Waals surface area contributed by atoms with Crippen molar-refractivity contribution in [3.63, 3.8) is 0 Å². The fourth-order valence-electron chi connectivity index (χ4n) is 3.15. The van der Waals surface area contributed by atoms with Crippen LogP contribution in [0.3, 0.4) is 0 Å². The highest BCUT2D eigenvalue weighted by Gasteiger charge is 2.13. The molecule has 0 saturated heterocycles. The topological polar surface area (TPSA) is 93.5 Å². The third-order valence-corrected chi connectivity index (χ3v) is 4.46. The van der Waals surface area contributed by atoms with Crippen LogP contribution in [0.1, 0.15) is 44.9 Å². The lowest BCUT2D eigenvalue weighted by Crippen LogP contribution is -2.29. The Hall–Kier alpha value is -2.24. The second kappa shape index (κ2) is 10.6. The summed E-state index contributed by atoms with van der Waals surface area (Å²) in [6, 6.07) is 6.89. The highest BCUT2D eigenvalue weighted by Crippen LogP contribution is 2.27. The van der Waals surface area contributed by atoms with Gasteiger partial charge in [-0.2, -0.15) is 0 Å². The van der Waals surface area contributed by atoms with Crippen LogP contribution in [-0.2, 0) is 4.79 Å². The van der Waals surface area contributed by atoms with Crippen LogP contribution < -0.4 is 21.1 Å². The van der Waals surface area contributed by atoms with E-state index in [4.69, 9.17) is 10.5 Å². The fraction of sp³-hybridized carbons (Fsp3) is 0.526. The number of carbonyl (C=O) groups excluding carboxylic acids is 2. The van der Waals surface area contributed by atoms with Crippen molar-refractivity contribution in [1.29, 1.82) is 0 Å². The third-order valence-electron chi connectivity index (χ3n) is 4.46. The zero-order chi connectivity index (χ0) is 17.9. The first kappa shape index (κ1) is 19.1. The first-order valence-electron chi connectivity index (χ1n) is 9.06. The average molecular weight is 346 g/mol. The lowest BCUT2D eigenvalue weighted by molar-refractivity contribution is -0.117. The first-order valence-corrected chi connectivity index (χ1v) is 9.06. The number of anilines is 1. The van der Waals surface area contributed by atoms with E-state index in [1.165, 1.54) is 32.1 Å². The van der Waals surface area contributed by atoms with Gasteiger partial charge in [-0.25, -0.2) is 4.79 Å². The van der Waals surface area contributed by atoms with Crippen molar-refractivity contribution < 1.29 is 14.3 Å². The molecule has 0 spiro atoms. The Balaban J connectivity index is 1.52. The number of hydrogen-bond acceptors (Lipinski definition) is 4. The first-order chi connectivity index (χ1) is 12.1. The number of hydrogen-bond donors (Lipinski definition) is 3. The zero-order valence-corrected chi connectivity index (χ0v) is 14.6. The van der Waals surface area contributed by atoms with Gasteiger partial charge in [-0.3, -0.25) is 4.79 Å². The van der Waals surface area contributed by atoms with E-state index in [0.29, 0.717) is 18.8 Å². The number of ether oxygens (including phenoxy) is 1. The average Bonchev–Trinajstić information content (AvgIpc) is 2.60. The molecule has 6 heteroatoms. The highest BCUT2D eigenvalue weighted by molar-refractivity contribution is 5.84. The molecule has 0 aromatic heterocycles. The van der Waals surface area contributed by atoms with Crippen LogP contribution in [0.4, 0.5) is 10.5 Å². The molecule has 0 atom stereocenters. The van der Waals surface area contributed by atoms with Crippen LogP contribution in [0, 0.1) is 12.3 Å². The van der Waals surface area contributed by atoms with Crippen molar-refractivity contribution in [2.75, 3.05) is 18.4 Å². The lowest BCUT2D eigenvalue weighted by atomic mass is 9.86. The van der Waals surface area contributed by atoms with E-state index in [0.717, 1.165) is 24.4 Å². The van der Waals surface area contributed by atoms with Crippen LogP contribution in [0.15, 0.2) is 24.3 Å². The largest absolute Gasteiger partial charge is 0.411 e. The van der Waals surface area contributed by atoms with Crippen LogP contribution in [0.5, 0.6) is 5.75 Å². The monoisotopic (exact) mass is 346 g/mol. The van der Waals surface area contributed by atoms with Gasteiger partial charge < -0.3 is 21.1 Å². The van der Waals surface area contributed by atoms with Crippen molar-refractivity contribution >= 4 is 17.7 Å². The second-order valence-electron chi connectivity index (χ2n) is 6.45. The molecule has 1 aliphatic rings. The maximum atomic E-state index is 11.8. The molecule has 6 nitrogen and oxygen atoms in total. The molecule has 1 aromatic carbocycles. The maximum Gasteiger partial charge on any atom is 0.409 e. The third kappa shape index (κ3) is 7.92. The quantitative estimate of drug-likeness (QED) is 0.598. The van der Waals surface area contributed by atoms with Gasteiger partial charge in [-0.1, -0.05) is 32.1 Å². The number of primary amides is 1. The summed E-state index contributed by atoms with van der Waals surface area (Å²) < 4.78 is 4.76. The zero-order valence-electron chi connectivity index (χ0n) is 14.6. The second-order valence-corrected chi connectivity index (χ2v) is 6.45. The Labute approximate surface area is 149 Å². The van der Waals surface area contributed by atoms with E-state index < -0.39 is 6.09 Å². The molecule has 1 fully saturated rings. The number of nitrogens with one attached hydrogen (secondary N) is 2. The standard InChI is InChI=1S/C19H28N3O3/c20-19(24)25-17-11-9-16(10-12-17)21-13-14-22-18(23)8-4-7-15-5-2-1-3-6-15/h8-12,15,21H,1-7,13-14H2,(H2,20,24)(H,22,23). The Morgan fingerprint density at radius 3 is 2.52 bits per heavy atom. The normalized spacial score (nSPS) is 14.7. The molecular formula is C19H28N3O3. The van der Waals surface area contributed by atoms with Gasteiger partial charge in [0.05, 0.1) is 0 Å². The molecule has 0 heterocycles. The van der Waals surface area contributed by atoms with Crippen molar-refractivity contribution in [1.82, 2.24) is 5.32 Å². The molecular weight excluding hydrogens is 318 g/mol. The summed E-state index contributed by atoms with van der Waals surface area (Å²) in [6.07, 6.45) is 9.64. The Morgan fingerprint density at radius 2 is 1.84 bits per heavy atom. The van der Waals surface area contributed by atoms with Gasteiger partial charge in [-0.15, -0.1) is 0 Å². The maximum absolute atomic E-state index is 11.8. The summed E-state index contributed by atoms with van der Waals surface area (Å²) in [5.74, 6) is 1.21. The summed E-state index contributed by atoms with van der Waals surface area (Å²) in [7, 11) is 0. The molecule has 2 rings (SSSR count). The molecule has 0 bridgehead atoms. The minimum absolute atomic E-state index is 0.00261. The van der Waals surface area contributed by atoms with Gasteiger partial charge in [0.15, 0.2) is 0 Å². The van der Waals surface area contributed by atoms with Gasteiger partial charge in [-0.05, 0) is 43.0 Å². The van der Waals surface area contributed by atoms with Crippen LogP contribution in [0.2, 0.25) is 0 Å². The number of carbonyl (C=O) groups is 2. The molecule has 2 amide bonds. The van der Waals surface area contributed by atoms with Crippen LogP contribution in [0.25, 0.3) is 0 Å². The summed E-state index contributed by atoms with van der Waals surface area (Å²) in [6.45, 7) is 1.18. The number of benzene rings is 1. The minimum Gasteiger partial charge on any atom is -0.411 e. The summed E-state index contributed by atoms with van der Waals surface area (Å²) in [5, 5.41) is 6.07. The SMILES string of the molecule is NC(=O)Oc1ccc(NCCNC(=O)[CH]CCC2CCCCC2)cc1. The smallest absolute Gasteiger partial charge is 0.409 e. The Kier molecular flexibility index (Phi) is 8.09. The molecule has 25 heavy (non-hydrogen) atoms. The molecule has 1 aromatic rings. The van der Waals surface area contributed by atoms with Gasteiger partial charge in [0.1, 0.15) is 5.75 Å². The fourth-order valence-corrected chi connectivity index (χ4v) is 3.15. The van der Waals surface area contributed by atoms with Crippen molar-refractivity contribution in [2.45, 2.75) is 44.9 Å². The van der Waals surface area contributed by atoms with Crippen molar-refractivity contribution in [3.05, 3.63) is 30.7 Å². The van der Waals surface area contributed by atoms with E-state index in [1.54, 1.807) is 30.7 Å². The van der Waals surface area contributed by atoms with Gasteiger partial charge in [0.25, 0.3) is 0 Å². The number of amides is 2. The lowest BCUT2D eigenvalue weighted by Gasteiger charge is -2.21. The van der Waals surface area contributed by atoms with E-state index in [1.807, 2.05) is 0 Å². The van der Waals surface area contributed by atoms with Crippen LogP contribution in [-0.4, -0.2) is 25.1 Å². The molecule has 1 saturated carbocycles. The predicted octanol–water partition coefficient (Wildman–Crippen LogP) is 3.24. The van der Waals surface area contributed by atoms with Gasteiger partial charge >= 0.3 is 6.09 Å². The molecule has 0 aliphatic heterocycles. The van der Waals surface area contributed by atoms with Gasteiger partial charge in [0.2, 0.25) is 5.91 Å². The molecule has 137 valence electrons. The van der Waals surface area contributed by atoms with Crippen molar-refractivity contribution in [3.8, 4) is 5.75 Å². The summed E-state index contributed by atoms with van der Waals surface area (Å²) in [4.78, 5) is 22.4. The Bertz CT molecular complexity index is 539. The number of rotatable bonds is 9. The van der Waals surface area contributed by atoms with E-state index >= 15 is 0 Å². The number of nitrogens with two attached hydrogens (primary N) is 1. The molecule has 1 aliphatic carbocycles. The van der Waals surface area contributed by atoms with Gasteiger partial charge in [0, 0.05) is 25.2 Å². The van der Waals surface area contributed by atoms with Crippen LogP contribution >= 0.6 is 0 Å². The summed E-state index contributed by atoms with van der Waals surface area (Å²) >= 11 is 0. The molecule has 4 N–H and O–H groups in total. The predicted molar refractivity (Wildman–Crippen MR) is 98.3 cm³/mol. The van der Waals surface area contributed by atoms with E-state index in [2.05, 4.69) is 10.6 Å². The summed E-state index contributed by atoms with van der Waals surface area (Å²) in [5.41, 5.74) is 5.83. The van der Waals surface area contributed by atoms with Crippen molar-refractivity contribution in [2.24, 2.45) is 11.7 Å². The highest BCUT2D eigenvalue weighted by atomic mass is 16.5. The van der Waals surface area contributed by atoms with E-state index in [9.17, 15) is 9.59 Å². The Morgan fingerprint density at radius 1 is 1.12 bits per heavy atom. The minimum atomic E-state index is -0.830. The molecule has 0 unspecified atom stereocenters. The molecule has 1 radical (unpaired) electrons.